The summed E-state index contributed by atoms with van der Waals surface area (Å²) < 4.78 is 0. The van der Waals surface area contributed by atoms with E-state index in [-0.39, 0.29) is 24.4 Å². The number of Topliss-reactive ketones (excluding diaryl/α,β-unsaturated/α-hetero) is 1. The number of aliphatic imine (C=N–C) groups is 1. The summed E-state index contributed by atoms with van der Waals surface area (Å²) in [6.45, 7) is 5.76. The maximum absolute atomic E-state index is 13.2. The Morgan fingerprint density at radius 1 is 1.21 bits per heavy atom. The fourth-order valence-corrected chi connectivity index (χ4v) is 3.78. The Balaban J connectivity index is 1.80. The molecular formula is C24H27N7O2. The first-order valence-electron chi connectivity index (χ1n) is 10.7. The quantitative estimate of drug-likeness (QED) is 0.349. The van der Waals surface area contributed by atoms with E-state index < -0.39 is 0 Å². The van der Waals surface area contributed by atoms with Crippen molar-refractivity contribution in [1.82, 2.24) is 20.2 Å². The van der Waals surface area contributed by atoms with Crippen LogP contribution in [0, 0.1) is 0 Å². The third-order valence-corrected chi connectivity index (χ3v) is 5.11. The average Bonchev–Trinajstić information content (AvgIpc) is 3.12. The van der Waals surface area contributed by atoms with E-state index in [2.05, 4.69) is 25.6 Å². The molecule has 0 radical (unpaired) electrons. The van der Waals surface area contributed by atoms with E-state index in [4.69, 9.17) is 5.73 Å². The van der Waals surface area contributed by atoms with Gasteiger partial charge in [0.25, 0.3) is 0 Å². The Labute approximate surface area is 192 Å². The van der Waals surface area contributed by atoms with Crippen molar-refractivity contribution in [2.24, 2.45) is 10.7 Å². The lowest BCUT2D eigenvalue weighted by Gasteiger charge is -2.27. The first-order valence-corrected chi connectivity index (χ1v) is 10.7. The Hall–Kier alpha value is -4.14. The van der Waals surface area contributed by atoms with Crippen molar-refractivity contribution < 1.29 is 9.59 Å². The summed E-state index contributed by atoms with van der Waals surface area (Å²) >= 11 is 0. The lowest BCUT2D eigenvalue weighted by molar-refractivity contribution is 0.0917. The van der Waals surface area contributed by atoms with Crippen LogP contribution in [0.25, 0.3) is 11.3 Å². The number of fused-ring (bicyclic) bond motifs is 1. The van der Waals surface area contributed by atoms with Crippen molar-refractivity contribution in [3.05, 3.63) is 59.9 Å². The lowest BCUT2D eigenvalue weighted by atomic mass is 10.0. The highest BCUT2D eigenvalue weighted by atomic mass is 16.2. The number of amidine groups is 1. The number of urea groups is 1. The molecule has 0 unspecified atom stereocenters. The third-order valence-electron chi connectivity index (χ3n) is 5.11. The number of carbonyl (C=O) groups is 2. The Morgan fingerprint density at radius 3 is 2.67 bits per heavy atom. The van der Waals surface area contributed by atoms with Crippen molar-refractivity contribution >= 4 is 34.8 Å². The number of para-hydroxylation sites is 1. The van der Waals surface area contributed by atoms with Gasteiger partial charge in [-0.3, -0.25) is 4.79 Å². The molecule has 1 aliphatic rings. The molecule has 9 nitrogen and oxygen atoms in total. The number of rotatable bonds is 5. The molecule has 0 saturated carbocycles. The van der Waals surface area contributed by atoms with Gasteiger partial charge in [-0.05, 0) is 45.0 Å². The van der Waals surface area contributed by atoms with Crippen LogP contribution < -0.4 is 16.4 Å². The lowest BCUT2D eigenvalue weighted by Crippen LogP contribution is -2.47. The highest BCUT2D eigenvalue weighted by Gasteiger charge is 2.33. The molecule has 0 spiro atoms. The standard InChI is InChI=1S/C24H27N7O2/c1-14(2)27-24(33)31-12-18-21(19(32)13-31)23(29-17-7-5-4-6-8-17)22(30-18)16-9-10-26-20(11-16)28-15(3)25/h4-11,14,29-30H,12-13H2,1-3H3,(H,27,33)(H2,25,26,28). The van der Waals surface area contributed by atoms with E-state index >= 15 is 0 Å². The highest BCUT2D eigenvalue weighted by Crippen LogP contribution is 2.38. The molecule has 3 aromatic rings. The Kier molecular flexibility index (Phi) is 6.12. The number of nitrogens with two attached hydrogens (primary N) is 1. The van der Waals surface area contributed by atoms with E-state index in [0.29, 0.717) is 35.1 Å². The van der Waals surface area contributed by atoms with Gasteiger partial charge in [-0.2, -0.15) is 0 Å². The number of amides is 2. The smallest absolute Gasteiger partial charge is 0.318 e. The molecule has 4 rings (SSSR count). The predicted molar refractivity (Wildman–Crippen MR) is 129 cm³/mol. The molecule has 0 bridgehead atoms. The summed E-state index contributed by atoms with van der Waals surface area (Å²) in [5.41, 5.74) is 9.98. The van der Waals surface area contributed by atoms with Gasteiger partial charge < -0.3 is 26.3 Å². The van der Waals surface area contributed by atoms with Crippen LogP contribution in [0.5, 0.6) is 0 Å². The zero-order valence-electron chi connectivity index (χ0n) is 18.8. The van der Waals surface area contributed by atoms with Crippen LogP contribution in [0.2, 0.25) is 0 Å². The average molecular weight is 446 g/mol. The minimum absolute atomic E-state index is 0.00454. The van der Waals surface area contributed by atoms with E-state index in [1.165, 1.54) is 4.90 Å². The summed E-state index contributed by atoms with van der Waals surface area (Å²) in [6, 6.07) is 13.0. The SMILES string of the molecule is CC(N)=Nc1cc(-c2[nH]c3c(c2Nc2ccccc2)C(=O)CN(C(=O)NC(C)C)C3)ccn1. The van der Waals surface area contributed by atoms with Gasteiger partial charge >= 0.3 is 6.03 Å². The summed E-state index contributed by atoms with van der Waals surface area (Å²) in [5.74, 6) is 0.728. The van der Waals surface area contributed by atoms with E-state index in [1.807, 2.05) is 50.2 Å². The molecule has 0 fully saturated rings. The molecule has 1 aliphatic heterocycles. The number of ketones is 1. The monoisotopic (exact) mass is 445 g/mol. The van der Waals surface area contributed by atoms with Gasteiger partial charge in [-0.15, -0.1) is 0 Å². The number of aromatic amines is 1. The molecule has 9 heteroatoms. The summed E-state index contributed by atoms with van der Waals surface area (Å²) in [5, 5.41) is 6.25. The first-order chi connectivity index (χ1) is 15.8. The number of nitrogens with one attached hydrogen (secondary N) is 3. The van der Waals surface area contributed by atoms with Crippen molar-refractivity contribution in [2.75, 3.05) is 11.9 Å². The number of carbonyl (C=O) groups excluding carboxylic acids is 2. The first kappa shape index (κ1) is 22.1. The van der Waals surface area contributed by atoms with E-state index in [0.717, 1.165) is 16.9 Å². The van der Waals surface area contributed by atoms with Crippen molar-refractivity contribution in [3.63, 3.8) is 0 Å². The number of hydrogen-bond donors (Lipinski definition) is 4. The molecule has 0 aliphatic carbocycles. The summed E-state index contributed by atoms with van der Waals surface area (Å²) in [7, 11) is 0. The Bertz CT molecular complexity index is 1210. The van der Waals surface area contributed by atoms with Crippen LogP contribution >= 0.6 is 0 Å². The van der Waals surface area contributed by atoms with Crippen LogP contribution in [0.1, 0.15) is 36.8 Å². The molecule has 3 heterocycles. The van der Waals surface area contributed by atoms with Crippen LogP contribution in [0.4, 0.5) is 22.0 Å². The van der Waals surface area contributed by atoms with Gasteiger partial charge in [0.15, 0.2) is 11.6 Å². The van der Waals surface area contributed by atoms with Crippen molar-refractivity contribution in [2.45, 2.75) is 33.4 Å². The van der Waals surface area contributed by atoms with Gasteiger partial charge in [-0.1, -0.05) is 18.2 Å². The van der Waals surface area contributed by atoms with Crippen LogP contribution in [0.3, 0.4) is 0 Å². The van der Waals surface area contributed by atoms with Gasteiger partial charge in [0, 0.05) is 29.2 Å². The number of nitrogens with zero attached hydrogens (tertiary/aromatic N) is 3. The number of benzene rings is 1. The van der Waals surface area contributed by atoms with Gasteiger partial charge in [0.05, 0.1) is 35.9 Å². The molecule has 1 aromatic carbocycles. The second kappa shape index (κ2) is 9.15. The second-order valence-electron chi connectivity index (χ2n) is 8.26. The maximum atomic E-state index is 13.2. The topological polar surface area (TPSA) is 128 Å². The normalized spacial score (nSPS) is 13.8. The van der Waals surface area contributed by atoms with Crippen LogP contribution in [-0.2, 0) is 6.54 Å². The highest BCUT2D eigenvalue weighted by molar-refractivity contribution is 6.09. The number of anilines is 2. The van der Waals surface area contributed by atoms with Gasteiger partial charge in [0.1, 0.15) is 0 Å². The van der Waals surface area contributed by atoms with Crippen LogP contribution in [0.15, 0.2) is 53.7 Å². The molecule has 0 saturated heterocycles. The second-order valence-corrected chi connectivity index (χ2v) is 8.26. The fraction of sp³-hybridized carbons (Fsp3) is 0.250. The number of H-pyrrole nitrogens is 1. The number of aromatic nitrogens is 2. The Morgan fingerprint density at radius 2 is 1.97 bits per heavy atom. The fourth-order valence-electron chi connectivity index (χ4n) is 3.78. The maximum Gasteiger partial charge on any atom is 0.318 e. The van der Waals surface area contributed by atoms with E-state index in [9.17, 15) is 9.59 Å². The zero-order chi connectivity index (χ0) is 23.5. The van der Waals surface area contributed by atoms with Crippen molar-refractivity contribution in [3.8, 4) is 11.3 Å². The molecule has 2 aromatic heterocycles. The summed E-state index contributed by atoms with van der Waals surface area (Å²) in [6.07, 6.45) is 1.65. The molecule has 2 amide bonds. The molecule has 0 atom stereocenters. The minimum atomic E-state index is -0.267. The number of hydrogen-bond acceptors (Lipinski definition) is 5. The van der Waals surface area contributed by atoms with Gasteiger partial charge in [0.2, 0.25) is 0 Å². The zero-order valence-corrected chi connectivity index (χ0v) is 18.8. The van der Waals surface area contributed by atoms with Gasteiger partial charge in [-0.25, -0.2) is 14.8 Å². The number of pyridine rings is 1. The predicted octanol–water partition coefficient (Wildman–Crippen LogP) is 3.95. The van der Waals surface area contributed by atoms with Crippen LogP contribution in [-0.4, -0.2) is 45.1 Å². The molecule has 5 N–H and O–H groups in total. The summed E-state index contributed by atoms with van der Waals surface area (Å²) in [4.78, 5) is 39.2. The molecular weight excluding hydrogens is 418 g/mol. The minimum Gasteiger partial charge on any atom is -0.387 e. The third kappa shape index (κ3) is 4.87. The largest absolute Gasteiger partial charge is 0.387 e. The van der Waals surface area contributed by atoms with E-state index in [1.54, 1.807) is 19.2 Å². The molecule has 170 valence electrons. The molecule has 33 heavy (non-hydrogen) atoms. The van der Waals surface area contributed by atoms with Crippen molar-refractivity contribution in [1.29, 1.82) is 0 Å².